The maximum Gasteiger partial charge on any atom is 0.345 e. The Kier molecular flexibility index (Phi) is 4.63. The van der Waals surface area contributed by atoms with E-state index in [-0.39, 0.29) is 0 Å². The van der Waals surface area contributed by atoms with Crippen LogP contribution in [0.3, 0.4) is 0 Å². The van der Waals surface area contributed by atoms with Gasteiger partial charge in [-0.15, -0.1) is 0 Å². The van der Waals surface area contributed by atoms with Gasteiger partial charge in [0.1, 0.15) is 5.75 Å². The molecule has 18 heavy (non-hydrogen) atoms. The molecule has 0 aliphatic carbocycles. The Bertz CT molecular complexity index is 435. The Morgan fingerprint density at radius 2 is 2.06 bits per heavy atom. The number of carboxylic acid groups (broad SMARTS) is 1. The molecule has 0 aliphatic rings. The highest BCUT2D eigenvalue weighted by Gasteiger charge is 2.33. The number of hydrogen-bond acceptors (Lipinski definition) is 2. The largest absolute Gasteiger partial charge is 0.478 e. The van der Waals surface area contributed by atoms with Gasteiger partial charge in [0, 0.05) is 10.4 Å². The van der Waals surface area contributed by atoms with Crippen molar-refractivity contribution in [2.24, 2.45) is 5.41 Å². The van der Waals surface area contributed by atoms with Crippen molar-refractivity contribution in [1.82, 2.24) is 0 Å². The Morgan fingerprint density at radius 1 is 1.44 bits per heavy atom. The van der Waals surface area contributed by atoms with Crippen molar-refractivity contribution in [3.63, 3.8) is 0 Å². The Hall–Kier alpha value is -1.22. The summed E-state index contributed by atoms with van der Waals surface area (Å²) in [5.41, 5.74) is 0.477. The van der Waals surface area contributed by atoms with Crippen LogP contribution in [0.5, 0.6) is 5.75 Å². The van der Waals surface area contributed by atoms with Crippen LogP contribution in [-0.4, -0.2) is 17.2 Å². The molecule has 1 unspecified atom stereocenters. The van der Waals surface area contributed by atoms with Crippen LogP contribution in [-0.2, 0) is 11.2 Å². The molecule has 0 heterocycles. The van der Waals surface area contributed by atoms with Gasteiger partial charge in [0.15, 0.2) is 6.10 Å². The molecular weight excluding hydrogens is 252 g/mol. The van der Waals surface area contributed by atoms with E-state index in [1.165, 1.54) is 0 Å². The molecule has 0 amide bonds. The van der Waals surface area contributed by atoms with Crippen molar-refractivity contribution >= 4 is 17.6 Å². The standard InChI is InChI=1S/C14H19ClO3/c1-5-9-8-10(6-7-11(9)15)18-12(13(16)17)14(2,3)4/h6-8,12H,5H2,1-4H3,(H,16,17). The van der Waals surface area contributed by atoms with E-state index in [1.807, 2.05) is 27.7 Å². The van der Waals surface area contributed by atoms with E-state index >= 15 is 0 Å². The predicted molar refractivity (Wildman–Crippen MR) is 72.3 cm³/mol. The zero-order chi connectivity index (χ0) is 13.9. The van der Waals surface area contributed by atoms with Crippen LogP contribution in [0.4, 0.5) is 0 Å². The molecule has 1 aromatic rings. The summed E-state index contributed by atoms with van der Waals surface area (Å²) < 4.78 is 5.58. The molecule has 0 radical (unpaired) electrons. The summed E-state index contributed by atoms with van der Waals surface area (Å²) in [5.74, 6) is -0.422. The summed E-state index contributed by atoms with van der Waals surface area (Å²) in [5, 5.41) is 9.87. The Labute approximate surface area is 113 Å². The number of halogens is 1. The third-order valence-corrected chi connectivity index (χ3v) is 3.03. The fourth-order valence-electron chi connectivity index (χ4n) is 1.63. The van der Waals surface area contributed by atoms with E-state index in [2.05, 4.69) is 0 Å². The van der Waals surface area contributed by atoms with Crippen molar-refractivity contribution in [2.75, 3.05) is 0 Å². The minimum atomic E-state index is -0.963. The summed E-state index contributed by atoms with van der Waals surface area (Å²) in [6, 6.07) is 5.23. The van der Waals surface area contributed by atoms with E-state index in [0.29, 0.717) is 10.8 Å². The third kappa shape index (κ3) is 3.64. The second-order valence-electron chi connectivity index (χ2n) is 5.31. The van der Waals surface area contributed by atoms with Gasteiger partial charge in [-0.1, -0.05) is 39.3 Å². The zero-order valence-corrected chi connectivity index (χ0v) is 11.9. The van der Waals surface area contributed by atoms with Crippen LogP contribution < -0.4 is 4.74 Å². The molecule has 1 N–H and O–H groups in total. The van der Waals surface area contributed by atoms with Crippen molar-refractivity contribution in [2.45, 2.75) is 40.2 Å². The van der Waals surface area contributed by atoms with Crippen molar-refractivity contribution in [3.05, 3.63) is 28.8 Å². The van der Waals surface area contributed by atoms with Gasteiger partial charge in [0.05, 0.1) is 0 Å². The smallest absolute Gasteiger partial charge is 0.345 e. The van der Waals surface area contributed by atoms with Crippen LogP contribution in [0.2, 0.25) is 5.02 Å². The monoisotopic (exact) mass is 270 g/mol. The quantitative estimate of drug-likeness (QED) is 0.906. The molecule has 0 saturated heterocycles. The minimum Gasteiger partial charge on any atom is -0.478 e. The number of carbonyl (C=O) groups is 1. The maximum absolute atomic E-state index is 11.2. The fourth-order valence-corrected chi connectivity index (χ4v) is 1.88. The molecule has 0 fully saturated rings. The van der Waals surface area contributed by atoms with Gasteiger partial charge < -0.3 is 9.84 Å². The molecule has 1 aromatic carbocycles. The Morgan fingerprint density at radius 3 is 2.50 bits per heavy atom. The fraction of sp³-hybridized carbons (Fsp3) is 0.500. The number of benzene rings is 1. The molecule has 100 valence electrons. The number of aliphatic carboxylic acids is 1. The van der Waals surface area contributed by atoms with Crippen molar-refractivity contribution in [3.8, 4) is 5.75 Å². The van der Waals surface area contributed by atoms with Crippen molar-refractivity contribution in [1.29, 1.82) is 0 Å². The normalized spacial score (nSPS) is 13.2. The zero-order valence-electron chi connectivity index (χ0n) is 11.2. The van der Waals surface area contributed by atoms with E-state index in [0.717, 1.165) is 12.0 Å². The molecule has 1 rings (SSSR count). The van der Waals surface area contributed by atoms with Crippen LogP contribution in [0.1, 0.15) is 33.3 Å². The van der Waals surface area contributed by atoms with Gasteiger partial charge in [-0.2, -0.15) is 0 Å². The predicted octanol–water partition coefficient (Wildman–Crippen LogP) is 3.78. The average molecular weight is 271 g/mol. The first-order valence-corrected chi connectivity index (χ1v) is 6.31. The number of aryl methyl sites for hydroxylation is 1. The van der Waals surface area contributed by atoms with Gasteiger partial charge >= 0.3 is 5.97 Å². The van der Waals surface area contributed by atoms with Gasteiger partial charge in [-0.3, -0.25) is 0 Å². The van der Waals surface area contributed by atoms with Gasteiger partial charge in [0.25, 0.3) is 0 Å². The van der Waals surface area contributed by atoms with Gasteiger partial charge in [-0.05, 0) is 30.2 Å². The highest BCUT2D eigenvalue weighted by atomic mass is 35.5. The second-order valence-corrected chi connectivity index (χ2v) is 5.72. The summed E-state index contributed by atoms with van der Waals surface area (Å²) in [6.45, 7) is 7.50. The molecule has 3 nitrogen and oxygen atoms in total. The minimum absolute atomic E-state index is 0.474. The molecule has 0 spiro atoms. The first-order valence-electron chi connectivity index (χ1n) is 5.93. The van der Waals surface area contributed by atoms with E-state index in [4.69, 9.17) is 16.3 Å². The number of carboxylic acids is 1. The second kappa shape index (κ2) is 5.61. The number of ether oxygens (including phenoxy) is 1. The summed E-state index contributed by atoms with van der Waals surface area (Å²) in [6.07, 6.45) is -0.105. The molecule has 4 heteroatoms. The summed E-state index contributed by atoms with van der Waals surface area (Å²) in [4.78, 5) is 11.2. The van der Waals surface area contributed by atoms with Crippen LogP contribution in [0.25, 0.3) is 0 Å². The molecule has 0 aliphatic heterocycles. The number of hydrogen-bond donors (Lipinski definition) is 1. The van der Waals surface area contributed by atoms with Gasteiger partial charge in [0.2, 0.25) is 0 Å². The number of rotatable bonds is 4. The average Bonchev–Trinajstić information content (AvgIpc) is 2.25. The Balaban J connectivity index is 2.98. The van der Waals surface area contributed by atoms with E-state index < -0.39 is 17.5 Å². The molecule has 1 atom stereocenters. The third-order valence-electron chi connectivity index (χ3n) is 2.66. The lowest BCUT2D eigenvalue weighted by atomic mass is 9.89. The van der Waals surface area contributed by atoms with Crippen LogP contribution in [0.15, 0.2) is 18.2 Å². The SMILES string of the molecule is CCc1cc(OC(C(=O)O)C(C)(C)C)ccc1Cl. The van der Waals surface area contributed by atoms with Crippen molar-refractivity contribution < 1.29 is 14.6 Å². The first-order chi connectivity index (χ1) is 8.25. The lowest BCUT2D eigenvalue weighted by molar-refractivity contribution is -0.150. The van der Waals surface area contributed by atoms with Gasteiger partial charge in [-0.25, -0.2) is 4.79 Å². The molecule has 0 aromatic heterocycles. The topological polar surface area (TPSA) is 46.5 Å². The highest BCUT2D eigenvalue weighted by molar-refractivity contribution is 6.31. The lowest BCUT2D eigenvalue weighted by Gasteiger charge is -2.27. The van der Waals surface area contributed by atoms with E-state index in [9.17, 15) is 9.90 Å². The molecule has 0 bridgehead atoms. The lowest BCUT2D eigenvalue weighted by Crippen LogP contribution is -2.39. The van der Waals surface area contributed by atoms with E-state index in [1.54, 1.807) is 18.2 Å². The summed E-state index contributed by atoms with van der Waals surface area (Å²) in [7, 11) is 0. The molecule has 0 saturated carbocycles. The molecular formula is C14H19ClO3. The van der Waals surface area contributed by atoms with Crippen LogP contribution >= 0.6 is 11.6 Å². The maximum atomic E-state index is 11.2. The summed E-state index contributed by atoms with van der Waals surface area (Å²) >= 11 is 6.01. The van der Waals surface area contributed by atoms with Crippen LogP contribution in [0, 0.1) is 5.41 Å². The first kappa shape index (κ1) is 14.8. The highest BCUT2D eigenvalue weighted by Crippen LogP contribution is 2.28.